The van der Waals surface area contributed by atoms with E-state index in [1.807, 2.05) is 0 Å². The van der Waals surface area contributed by atoms with Crippen LogP contribution in [0, 0.1) is 0 Å². The third-order valence-corrected chi connectivity index (χ3v) is 2.85. The average molecular weight is 399 g/mol. The molecule has 0 unspecified atom stereocenters. The van der Waals surface area contributed by atoms with Crippen LogP contribution in [-0.4, -0.2) is 61.8 Å². The smallest absolute Gasteiger partial charge is 0.448 e. The SMILES string of the molecule is CC(C)(C)OC(=O)N(CCC(=O)N(OC(=O)O)OC(=O)O)Cc1ccccn1. The first-order chi connectivity index (χ1) is 13.0. The molecule has 2 amide bonds. The van der Waals surface area contributed by atoms with Crippen molar-refractivity contribution in [3.63, 3.8) is 0 Å². The Morgan fingerprint density at radius 2 is 1.68 bits per heavy atom. The fourth-order valence-electron chi connectivity index (χ4n) is 1.83. The molecule has 0 aromatic carbocycles. The summed E-state index contributed by atoms with van der Waals surface area (Å²) >= 11 is 0. The highest BCUT2D eigenvalue weighted by atomic mass is 17.0. The molecule has 1 rings (SSSR count). The van der Waals surface area contributed by atoms with Crippen molar-refractivity contribution in [2.45, 2.75) is 39.3 Å². The molecular formula is C16H21N3O9. The van der Waals surface area contributed by atoms with Gasteiger partial charge in [-0.25, -0.2) is 14.4 Å². The van der Waals surface area contributed by atoms with E-state index in [9.17, 15) is 19.2 Å². The van der Waals surface area contributed by atoms with Crippen molar-refractivity contribution in [3.8, 4) is 0 Å². The van der Waals surface area contributed by atoms with E-state index in [-0.39, 0.29) is 18.3 Å². The molecule has 1 aromatic rings. The zero-order valence-corrected chi connectivity index (χ0v) is 15.5. The van der Waals surface area contributed by atoms with Gasteiger partial charge >= 0.3 is 18.4 Å². The molecule has 0 saturated heterocycles. The van der Waals surface area contributed by atoms with Gasteiger partial charge in [0, 0.05) is 18.0 Å². The number of carbonyl (C=O) groups is 4. The van der Waals surface area contributed by atoms with E-state index in [0.29, 0.717) is 5.69 Å². The van der Waals surface area contributed by atoms with Gasteiger partial charge in [-0.3, -0.25) is 19.5 Å². The number of hydroxylamine groups is 2. The van der Waals surface area contributed by atoms with Crippen LogP contribution in [0.2, 0.25) is 0 Å². The molecule has 154 valence electrons. The second-order valence-corrected chi connectivity index (χ2v) is 6.34. The van der Waals surface area contributed by atoms with Crippen molar-refractivity contribution in [2.75, 3.05) is 6.54 Å². The van der Waals surface area contributed by atoms with Crippen LogP contribution in [0.5, 0.6) is 0 Å². The van der Waals surface area contributed by atoms with Gasteiger partial charge < -0.3 is 19.8 Å². The number of pyridine rings is 1. The van der Waals surface area contributed by atoms with Gasteiger partial charge in [0.1, 0.15) is 5.60 Å². The van der Waals surface area contributed by atoms with E-state index < -0.39 is 36.3 Å². The minimum atomic E-state index is -1.95. The van der Waals surface area contributed by atoms with Crippen molar-refractivity contribution in [3.05, 3.63) is 30.1 Å². The maximum atomic E-state index is 12.4. The second-order valence-electron chi connectivity index (χ2n) is 6.34. The molecule has 0 atom stereocenters. The molecular weight excluding hydrogens is 378 g/mol. The summed E-state index contributed by atoms with van der Waals surface area (Å²) in [4.78, 5) is 58.7. The van der Waals surface area contributed by atoms with Gasteiger partial charge in [0.2, 0.25) is 0 Å². The van der Waals surface area contributed by atoms with Crippen molar-refractivity contribution < 1.29 is 43.8 Å². The summed E-state index contributed by atoms with van der Waals surface area (Å²) in [5, 5.41) is 16.8. The van der Waals surface area contributed by atoms with E-state index in [1.165, 1.54) is 6.20 Å². The Bertz CT molecular complexity index is 687. The minimum absolute atomic E-state index is 0.00259. The lowest BCUT2D eigenvalue weighted by Crippen LogP contribution is -2.40. The molecule has 28 heavy (non-hydrogen) atoms. The second kappa shape index (κ2) is 9.94. The van der Waals surface area contributed by atoms with Crippen LogP contribution in [-0.2, 0) is 25.8 Å². The third-order valence-electron chi connectivity index (χ3n) is 2.85. The van der Waals surface area contributed by atoms with E-state index in [1.54, 1.807) is 39.0 Å². The molecule has 0 bridgehead atoms. The van der Waals surface area contributed by atoms with E-state index in [0.717, 1.165) is 4.90 Å². The summed E-state index contributed by atoms with van der Waals surface area (Å²) in [7, 11) is 0. The lowest BCUT2D eigenvalue weighted by Gasteiger charge is -2.27. The predicted molar refractivity (Wildman–Crippen MR) is 90.6 cm³/mol. The Balaban J connectivity index is 2.86. The lowest BCUT2D eigenvalue weighted by molar-refractivity contribution is -0.290. The zero-order chi connectivity index (χ0) is 21.3. The average Bonchev–Trinajstić information content (AvgIpc) is 2.56. The Morgan fingerprint density at radius 1 is 1.07 bits per heavy atom. The normalized spacial score (nSPS) is 10.5. The third kappa shape index (κ3) is 8.69. The summed E-state index contributed by atoms with van der Waals surface area (Å²) in [5.41, 5.74) is -0.282. The molecule has 2 N–H and O–H groups in total. The van der Waals surface area contributed by atoms with Gasteiger partial charge in [-0.15, -0.1) is 0 Å². The molecule has 1 aromatic heterocycles. The Hall–Kier alpha value is -3.57. The van der Waals surface area contributed by atoms with Crippen molar-refractivity contribution in [1.29, 1.82) is 0 Å². The Kier molecular flexibility index (Phi) is 7.98. The molecule has 0 radical (unpaired) electrons. The highest BCUT2D eigenvalue weighted by Crippen LogP contribution is 2.13. The van der Waals surface area contributed by atoms with Crippen molar-refractivity contribution >= 4 is 24.3 Å². The van der Waals surface area contributed by atoms with Gasteiger partial charge in [-0.2, -0.15) is 0 Å². The Labute approximate surface area is 160 Å². The van der Waals surface area contributed by atoms with Gasteiger partial charge in [0.25, 0.3) is 5.91 Å². The molecule has 0 aliphatic carbocycles. The molecule has 1 heterocycles. The van der Waals surface area contributed by atoms with Gasteiger partial charge in [0.05, 0.1) is 18.7 Å². The maximum absolute atomic E-state index is 12.4. The first-order valence-corrected chi connectivity index (χ1v) is 8.00. The molecule has 0 aliphatic heterocycles. The lowest BCUT2D eigenvalue weighted by atomic mass is 10.2. The zero-order valence-electron chi connectivity index (χ0n) is 15.5. The quantitative estimate of drug-likeness (QED) is 0.704. The Morgan fingerprint density at radius 3 is 2.14 bits per heavy atom. The highest BCUT2D eigenvalue weighted by molar-refractivity contribution is 5.77. The van der Waals surface area contributed by atoms with Crippen LogP contribution in [0.3, 0.4) is 0 Å². The predicted octanol–water partition coefficient (Wildman–Crippen LogP) is 2.26. The van der Waals surface area contributed by atoms with E-state index >= 15 is 0 Å². The standard InChI is InChI=1S/C16H21N3O9/c1-16(2,3)26-13(21)18(10-11-6-4-5-8-17-11)9-7-12(20)19(27-14(22)23)28-15(24)25/h4-6,8H,7,9-10H2,1-3H3,(H,22,23)(H,24,25). The number of carboxylic acid groups (broad SMARTS) is 2. The van der Waals surface area contributed by atoms with Crippen LogP contribution >= 0.6 is 0 Å². The molecule has 0 saturated carbocycles. The summed E-state index contributed by atoms with van der Waals surface area (Å²) < 4.78 is 5.28. The van der Waals surface area contributed by atoms with E-state index in [4.69, 9.17) is 14.9 Å². The minimum Gasteiger partial charge on any atom is -0.448 e. The fourth-order valence-corrected chi connectivity index (χ4v) is 1.83. The first kappa shape index (κ1) is 22.5. The number of carbonyl (C=O) groups excluding carboxylic acids is 2. The van der Waals surface area contributed by atoms with Gasteiger partial charge in [-0.1, -0.05) is 6.07 Å². The van der Waals surface area contributed by atoms with Crippen LogP contribution < -0.4 is 0 Å². The number of rotatable bonds is 5. The van der Waals surface area contributed by atoms with Crippen LogP contribution in [0.15, 0.2) is 24.4 Å². The largest absolute Gasteiger partial charge is 0.533 e. The molecule has 0 fully saturated rings. The fraction of sp³-hybridized carbons (Fsp3) is 0.438. The van der Waals surface area contributed by atoms with Gasteiger partial charge in [-0.05, 0) is 32.9 Å². The van der Waals surface area contributed by atoms with E-state index in [2.05, 4.69) is 14.7 Å². The molecule has 0 aliphatic rings. The summed E-state index contributed by atoms with van der Waals surface area (Å²) in [6, 6.07) is 5.06. The number of hydrogen-bond acceptors (Lipinski definition) is 8. The number of ether oxygens (including phenoxy) is 1. The molecule has 12 nitrogen and oxygen atoms in total. The summed E-state index contributed by atoms with van der Waals surface area (Å²) in [6.45, 7) is 4.75. The number of nitrogens with zero attached hydrogens (tertiary/aromatic N) is 3. The number of aromatic nitrogens is 1. The van der Waals surface area contributed by atoms with Crippen LogP contribution in [0.25, 0.3) is 0 Å². The summed E-state index contributed by atoms with van der Waals surface area (Å²) in [6.07, 6.45) is -3.63. The number of hydrogen-bond donors (Lipinski definition) is 2. The van der Waals surface area contributed by atoms with Gasteiger partial charge in [0.15, 0.2) is 0 Å². The molecule has 12 heteroatoms. The topological polar surface area (TPSA) is 156 Å². The van der Waals surface area contributed by atoms with Crippen molar-refractivity contribution in [2.24, 2.45) is 0 Å². The van der Waals surface area contributed by atoms with Crippen molar-refractivity contribution in [1.82, 2.24) is 15.1 Å². The van der Waals surface area contributed by atoms with Crippen LogP contribution in [0.4, 0.5) is 14.4 Å². The number of amides is 2. The first-order valence-electron chi connectivity index (χ1n) is 8.00. The monoisotopic (exact) mass is 399 g/mol. The summed E-state index contributed by atoms with van der Waals surface area (Å²) in [5.74, 6) is -1.14. The highest BCUT2D eigenvalue weighted by Gasteiger charge is 2.27. The van der Waals surface area contributed by atoms with Crippen LogP contribution in [0.1, 0.15) is 32.9 Å². The molecule has 0 spiro atoms. The maximum Gasteiger partial charge on any atom is 0.533 e.